The van der Waals surface area contributed by atoms with Gasteiger partial charge in [0.15, 0.2) is 5.82 Å². The highest BCUT2D eigenvalue weighted by Gasteiger charge is 2.17. The van der Waals surface area contributed by atoms with Crippen molar-refractivity contribution in [2.45, 2.75) is 13.0 Å². The van der Waals surface area contributed by atoms with Crippen molar-refractivity contribution in [3.8, 4) is 0 Å². The Labute approximate surface area is 81.5 Å². The number of hydrogen-bond acceptors (Lipinski definition) is 4. The summed E-state index contributed by atoms with van der Waals surface area (Å²) in [5.41, 5.74) is 6.97. The largest absolute Gasteiger partial charge is 0.469 e. The lowest BCUT2D eigenvalue weighted by atomic mass is 10.1. The highest BCUT2D eigenvalue weighted by atomic mass is 16.3. The number of nitrogens with zero attached hydrogens (tertiary/aromatic N) is 3. The molecule has 14 heavy (non-hydrogen) atoms. The molecule has 5 heteroatoms. The Bertz CT molecular complexity index is 391. The first-order valence-corrected chi connectivity index (χ1v) is 4.33. The van der Waals surface area contributed by atoms with Crippen molar-refractivity contribution in [2.24, 2.45) is 12.8 Å². The topological polar surface area (TPSA) is 69.9 Å². The molecule has 0 bridgehead atoms. The molecule has 0 saturated heterocycles. The van der Waals surface area contributed by atoms with Crippen LogP contribution in [0.2, 0.25) is 0 Å². The summed E-state index contributed by atoms with van der Waals surface area (Å²) in [7, 11) is 1.87. The number of furan rings is 1. The molecule has 0 fully saturated rings. The standard InChI is InChI=1S/C9H12N4O/c1-6-7(3-4-14-6)8(10)9-12-11-5-13(9)2/h3-5,8H,10H2,1-2H3. The minimum absolute atomic E-state index is 0.277. The summed E-state index contributed by atoms with van der Waals surface area (Å²) in [5, 5.41) is 7.74. The second kappa shape index (κ2) is 3.26. The first-order valence-electron chi connectivity index (χ1n) is 4.33. The van der Waals surface area contributed by atoms with Crippen molar-refractivity contribution in [3.05, 3.63) is 35.8 Å². The Hall–Kier alpha value is -1.62. The number of rotatable bonds is 2. The van der Waals surface area contributed by atoms with Gasteiger partial charge in [-0.1, -0.05) is 0 Å². The fourth-order valence-electron chi connectivity index (χ4n) is 1.43. The molecule has 1 unspecified atom stereocenters. The molecule has 0 aliphatic heterocycles. The first kappa shape index (κ1) is 8.96. The van der Waals surface area contributed by atoms with Gasteiger partial charge < -0.3 is 14.7 Å². The van der Waals surface area contributed by atoms with Crippen LogP contribution in [0.5, 0.6) is 0 Å². The number of aryl methyl sites for hydroxylation is 2. The minimum atomic E-state index is -0.277. The van der Waals surface area contributed by atoms with E-state index in [9.17, 15) is 0 Å². The molecule has 0 saturated carbocycles. The van der Waals surface area contributed by atoms with Gasteiger partial charge in [-0.05, 0) is 13.0 Å². The van der Waals surface area contributed by atoms with Crippen molar-refractivity contribution in [1.82, 2.24) is 14.8 Å². The molecule has 2 N–H and O–H groups in total. The molecule has 0 spiro atoms. The van der Waals surface area contributed by atoms with Crippen LogP contribution in [0.4, 0.5) is 0 Å². The highest BCUT2D eigenvalue weighted by Crippen LogP contribution is 2.21. The van der Waals surface area contributed by atoms with Gasteiger partial charge in [0.05, 0.1) is 12.3 Å². The van der Waals surface area contributed by atoms with Gasteiger partial charge in [0.2, 0.25) is 0 Å². The van der Waals surface area contributed by atoms with E-state index in [1.807, 2.05) is 20.0 Å². The third-order valence-electron chi connectivity index (χ3n) is 2.26. The van der Waals surface area contributed by atoms with Crippen LogP contribution in [0, 0.1) is 6.92 Å². The zero-order valence-electron chi connectivity index (χ0n) is 8.14. The minimum Gasteiger partial charge on any atom is -0.469 e. The fraction of sp³-hybridized carbons (Fsp3) is 0.333. The third kappa shape index (κ3) is 1.31. The molecule has 2 heterocycles. The van der Waals surface area contributed by atoms with Crippen LogP contribution >= 0.6 is 0 Å². The van der Waals surface area contributed by atoms with Gasteiger partial charge in [-0.25, -0.2) is 0 Å². The van der Waals surface area contributed by atoms with Crippen molar-refractivity contribution >= 4 is 0 Å². The van der Waals surface area contributed by atoms with Gasteiger partial charge in [-0.15, -0.1) is 10.2 Å². The van der Waals surface area contributed by atoms with Gasteiger partial charge in [0.1, 0.15) is 12.1 Å². The number of nitrogens with two attached hydrogens (primary N) is 1. The molecule has 0 aromatic carbocycles. The van der Waals surface area contributed by atoms with Crippen molar-refractivity contribution in [1.29, 1.82) is 0 Å². The van der Waals surface area contributed by atoms with E-state index in [4.69, 9.17) is 10.2 Å². The highest BCUT2D eigenvalue weighted by molar-refractivity contribution is 5.25. The van der Waals surface area contributed by atoms with Crippen molar-refractivity contribution < 1.29 is 4.42 Å². The predicted octanol–water partition coefficient (Wildman–Crippen LogP) is 0.765. The summed E-state index contributed by atoms with van der Waals surface area (Å²) < 4.78 is 6.99. The molecule has 0 radical (unpaired) electrons. The predicted molar refractivity (Wildman–Crippen MR) is 50.5 cm³/mol. The van der Waals surface area contributed by atoms with E-state index < -0.39 is 0 Å². The zero-order chi connectivity index (χ0) is 10.1. The third-order valence-corrected chi connectivity index (χ3v) is 2.26. The monoisotopic (exact) mass is 192 g/mol. The zero-order valence-corrected chi connectivity index (χ0v) is 8.14. The van der Waals surface area contributed by atoms with Crippen LogP contribution in [0.1, 0.15) is 23.2 Å². The van der Waals surface area contributed by atoms with Gasteiger partial charge in [0.25, 0.3) is 0 Å². The van der Waals surface area contributed by atoms with Crippen LogP contribution in [-0.2, 0) is 7.05 Å². The van der Waals surface area contributed by atoms with Gasteiger partial charge in [-0.3, -0.25) is 0 Å². The maximum absolute atomic E-state index is 6.02. The Morgan fingerprint density at radius 1 is 1.57 bits per heavy atom. The van der Waals surface area contributed by atoms with E-state index in [2.05, 4.69) is 10.2 Å². The lowest BCUT2D eigenvalue weighted by molar-refractivity contribution is 0.525. The Morgan fingerprint density at radius 2 is 2.36 bits per heavy atom. The van der Waals surface area contributed by atoms with Gasteiger partial charge in [0, 0.05) is 12.6 Å². The summed E-state index contributed by atoms with van der Waals surface area (Å²) in [6.45, 7) is 1.88. The van der Waals surface area contributed by atoms with Crippen LogP contribution in [0.25, 0.3) is 0 Å². The first-order chi connectivity index (χ1) is 6.70. The molecule has 1 atom stereocenters. The van der Waals surface area contributed by atoms with Gasteiger partial charge >= 0.3 is 0 Å². The summed E-state index contributed by atoms with van der Waals surface area (Å²) in [5.74, 6) is 1.55. The summed E-state index contributed by atoms with van der Waals surface area (Å²) >= 11 is 0. The second-order valence-electron chi connectivity index (χ2n) is 3.21. The van der Waals surface area contributed by atoms with E-state index in [-0.39, 0.29) is 6.04 Å². The fourth-order valence-corrected chi connectivity index (χ4v) is 1.43. The van der Waals surface area contributed by atoms with Gasteiger partial charge in [-0.2, -0.15) is 0 Å². The SMILES string of the molecule is Cc1occc1C(N)c1nncn1C. The molecule has 2 aromatic heterocycles. The molecule has 0 aliphatic rings. The van der Waals surface area contributed by atoms with E-state index in [1.54, 1.807) is 17.2 Å². The summed E-state index contributed by atoms with van der Waals surface area (Å²) in [4.78, 5) is 0. The van der Waals surface area contributed by atoms with Crippen LogP contribution in [0.3, 0.4) is 0 Å². The molecule has 2 aromatic rings. The normalized spacial score (nSPS) is 13.1. The number of hydrogen-bond donors (Lipinski definition) is 1. The molecule has 0 aliphatic carbocycles. The Kier molecular flexibility index (Phi) is 2.09. The maximum atomic E-state index is 6.02. The van der Waals surface area contributed by atoms with Crippen molar-refractivity contribution in [3.63, 3.8) is 0 Å². The molecular weight excluding hydrogens is 180 g/mol. The van der Waals surface area contributed by atoms with E-state index in [1.165, 1.54) is 0 Å². The van der Waals surface area contributed by atoms with Crippen LogP contribution < -0.4 is 5.73 Å². The summed E-state index contributed by atoms with van der Waals surface area (Å²) in [6, 6.07) is 1.58. The molecule has 5 nitrogen and oxygen atoms in total. The number of aromatic nitrogens is 3. The van der Waals surface area contributed by atoms with E-state index in [0.717, 1.165) is 17.1 Å². The molecule has 74 valence electrons. The Balaban J connectivity index is 2.38. The molecule has 0 amide bonds. The van der Waals surface area contributed by atoms with E-state index >= 15 is 0 Å². The lowest BCUT2D eigenvalue weighted by Gasteiger charge is -2.08. The molecular formula is C9H12N4O. The smallest absolute Gasteiger partial charge is 0.154 e. The second-order valence-corrected chi connectivity index (χ2v) is 3.21. The lowest BCUT2D eigenvalue weighted by Crippen LogP contribution is -2.16. The molecule has 2 rings (SSSR count). The van der Waals surface area contributed by atoms with Crippen LogP contribution in [0.15, 0.2) is 23.1 Å². The summed E-state index contributed by atoms with van der Waals surface area (Å²) in [6.07, 6.45) is 3.26. The van der Waals surface area contributed by atoms with Crippen molar-refractivity contribution in [2.75, 3.05) is 0 Å². The van der Waals surface area contributed by atoms with Crippen LogP contribution in [-0.4, -0.2) is 14.8 Å². The van der Waals surface area contributed by atoms with E-state index in [0.29, 0.717) is 0 Å². The average molecular weight is 192 g/mol. The Morgan fingerprint density at radius 3 is 2.86 bits per heavy atom. The maximum Gasteiger partial charge on any atom is 0.154 e. The quantitative estimate of drug-likeness (QED) is 0.762. The average Bonchev–Trinajstić information content (AvgIpc) is 2.73.